The third kappa shape index (κ3) is 2.80. The minimum absolute atomic E-state index is 0.280. The molecular formula is C12H10ClNO3S. The van der Waals surface area contributed by atoms with Crippen LogP contribution in [0.25, 0.3) is 0 Å². The summed E-state index contributed by atoms with van der Waals surface area (Å²) in [7, 11) is 1.50. The van der Waals surface area contributed by atoms with Gasteiger partial charge in [-0.25, -0.2) is 4.98 Å². The van der Waals surface area contributed by atoms with E-state index in [0.717, 1.165) is 5.69 Å². The van der Waals surface area contributed by atoms with Gasteiger partial charge in [0.1, 0.15) is 6.61 Å². The van der Waals surface area contributed by atoms with Gasteiger partial charge in [0.05, 0.1) is 23.9 Å². The topological polar surface area (TPSA) is 48.4 Å². The lowest BCUT2D eigenvalue weighted by molar-refractivity contribution is 0.111. The van der Waals surface area contributed by atoms with Crippen LogP contribution in [-0.4, -0.2) is 18.4 Å². The molecule has 0 spiro atoms. The lowest BCUT2D eigenvalue weighted by Crippen LogP contribution is -2.01. The zero-order chi connectivity index (χ0) is 13.0. The first kappa shape index (κ1) is 12.9. The fourth-order valence-electron chi connectivity index (χ4n) is 1.44. The number of rotatable bonds is 5. The van der Waals surface area contributed by atoms with Crippen molar-refractivity contribution in [2.45, 2.75) is 6.61 Å². The second kappa shape index (κ2) is 5.84. The summed E-state index contributed by atoms with van der Waals surface area (Å²) in [5.41, 5.74) is 2.88. The summed E-state index contributed by atoms with van der Waals surface area (Å²) in [5, 5.41) is 2.30. The van der Waals surface area contributed by atoms with E-state index in [1.165, 1.54) is 24.5 Å². The molecule has 1 aromatic heterocycles. The van der Waals surface area contributed by atoms with Gasteiger partial charge in [-0.3, -0.25) is 4.79 Å². The first-order valence-corrected chi connectivity index (χ1v) is 6.39. The van der Waals surface area contributed by atoms with Gasteiger partial charge in [-0.15, -0.1) is 11.3 Å². The number of thiazole rings is 1. The summed E-state index contributed by atoms with van der Waals surface area (Å²) >= 11 is 7.36. The van der Waals surface area contributed by atoms with E-state index >= 15 is 0 Å². The van der Waals surface area contributed by atoms with Crippen LogP contribution in [0.3, 0.4) is 0 Å². The number of aldehydes is 1. The molecule has 4 nitrogen and oxygen atoms in total. The van der Waals surface area contributed by atoms with Crippen molar-refractivity contribution in [3.63, 3.8) is 0 Å². The van der Waals surface area contributed by atoms with Gasteiger partial charge in [0.2, 0.25) is 0 Å². The lowest BCUT2D eigenvalue weighted by atomic mass is 10.2. The summed E-state index contributed by atoms with van der Waals surface area (Å²) in [6.45, 7) is 0.280. The van der Waals surface area contributed by atoms with Crippen molar-refractivity contribution in [2.75, 3.05) is 7.11 Å². The first-order valence-electron chi connectivity index (χ1n) is 5.07. The van der Waals surface area contributed by atoms with Crippen molar-refractivity contribution in [2.24, 2.45) is 0 Å². The van der Waals surface area contributed by atoms with Gasteiger partial charge in [-0.1, -0.05) is 11.6 Å². The number of carbonyl (C=O) groups excluding carboxylic acids is 1. The number of ether oxygens (including phenoxy) is 2. The van der Waals surface area contributed by atoms with Gasteiger partial charge < -0.3 is 9.47 Å². The van der Waals surface area contributed by atoms with Crippen LogP contribution in [0, 0.1) is 0 Å². The number of hydrogen-bond donors (Lipinski definition) is 0. The van der Waals surface area contributed by atoms with E-state index in [9.17, 15) is 4.79 Å². The third-order valence-electron chi connectivity index (χ3n) is 2.24. The molecular weight excluding hydrogens is 274 g/mol. The Morgan fingerprint density at radius 1 is 1.50 bits per heavy atom. The summed E-state index contributed by atoms with van der Waals surface area (Å²) in [4.78, 5) is 15.1. The molecule has 0 radical (unpaired) electrons. The van der Waals surface area contributed by atoms with Gasteiger partial charge in [0.25, 0.3) is 0 Å². The Morgan fingerprint density at radius 3 is 2.94 bits per heavy atom. The highest BCUT2D eigenvalue weighted by Crippen LogP contribution is 2.34. The summed E-state index contributed by atoms with van der Waals surface area (Å²) in [5.74, 6) is 0.810. The lowest BCUT2D eigenvalue weighted by Gasteiger charge is -2.12. The number of aromatic nitrogens is 1. The van der Waals surface area contributed by atoms with Gasteiger partial charge in [-0.05, 0) is 6.07 Å². The van der Waals surface area contributed by atoms with Crippen molar-refractivity contribution in [1.82, 2.24) is 4.98 Å². The Morgan fingerprint density at radius 2 is 2.33 bits per heavy atom. The molecule has 0 aliphatic rings. The van der Waals surface area contributed by atoms with Crippen LogP contribution in [0.2, 0.25) is 5.02 Å². The fourth-order valence-corrected chi connectivity index (χ4v) is 2.20. The number of halogens is 1. The number of methoxy groups -OCH3 is 1. The van der Waals surface area contributed by atoms with E-state index in [1.54, 1.807) is 11.6 Å². The molecule has 18 heavy (non-hydrogen) atoms. The number of nitrogens with zero attached hydrogens (tertiary/aromatic N) is 1. The Hall–Kier alpha value is -1.59. The minimum Gasteiger partial charge on any atom is -0.493 e. The quantitative estimate of drug-likeness (QED) is 0.791. The molecule has 0 saturated carbocycles. The number of carbonyl (C=O) groups is 1. The molecule has 1 aromatic carbocycles. The highest BCUT2D eigenvalue weighted by Gasteiger charge is 2.13. The zero-order valence-electron chi connectivity index (χ0n) is 9.55. The van der Waals surface area contributed by atoms with Crippen molar-refractivity contribution in [1.29, 1.82) is 0 Å². The highest BCUT2D eigenvalue weighted by molar-refractivity contribution is 7.07. The average molecular weight is 284 g/mol. The standard InChI is InChI=1S/C12H10ClNO3S/c1-16-11-3-9(13)2-8(4-15)12(11)17-5-10-6-18-7-14-10/h2-4,6-7H,5H2,1H3. The number of hydrogen-bond acceptors (Lipinski definition) is 5. The van der Waals surface area contributed by atoms with Crippen molar-refractivity contribution >= 4 is 29.2 Å². The van der Waals surface area contributed by atoms with Crippen molar-refractivity contribution in [3.05, 3.63) is 39.3 Å². The van der Waals surface area contributed by atoms with E-state index in [2.05, 4.69) is 4.98 Å². The maximum Gasteiger partial charge on any atom is 0.172 e. The van der Waals surface area contributed by atoms with Crippen LogP contribution in [0.4, 0.5) is 0 Å². The van der Waals surface area contributed by atoms with Gasteiger partial charge >= 0.3 is 0 Å². The van der Waals surface area contributed by atoms with Crippen LogP contribution >= 0.6 is 22.9 Å². The molecule has 2 aromatic rings. The van der Waals surface area contributed by atoms with Gasteiger partial charge in [0.15, 0.2) is 17.8 Å². The average Bonchev–Trinajstić information content (AvgIpc) is 2.89. The van der Waals surface area contributed by atoms with E-state index in [0.29, 0.717) is 28.4 Å². The SMILES string of the molecule is COc1cc(Cl)cc(C=O)c1OCc1cscn1. The van der Waals surface area contributed by atoms with Gasteiger partial charge in [0, 0.05) is 16.5 Å². The minimum atomic E-state index is 0.280. The Balaban J connectivity index is 2.27. The van der Waals surface area contributed by atoms with Crippen LogP contribution in [0.15, 0.2) is 23.0 Å². The van der Waals surface area contributed by atoms with E-state index in [4.69, 9.17) is 21.1 Å². The molecule has 0 aliphatic carbocycles. The zero-order valence-corrected chi connectivity index (χ0v) is 11.1. The summed E-state index contributed by atoms with van der Waals surface area (Å²) in [6.07, 6.45) is 0.685. The second-order valence-electron chi connectivity index (χ2n) is 3.41. The molecule has 2 rings (SSSR count). The van der Waals surface area contributed by atoms with E-state index < -0.39 is 0 Å². The molecule has 0 amide bonds. The maximum atomic E-state index is 11.0. The molecule has 1 heterocycles. The molecule has 0 unspecified atom stereocenters. The number of benzene rings is 1. The normalized spacial score (nSPS) is 10.1. The second-order valence-corrected chi connectivity index (χ2v) is 4.57. The van der Waals surface area contributed by atoms with Crippen LogP contribution < -0.4 is 9.47 Å². The highest BCUT2D eigenvalue weighted by atomic mass is 35.5. The molecule has 0 N–H and O–H groups in total. The first-order chi connectivity index (χ1) is 8.74. The maximum absolute atomic E-state index is 11.0. The predicted octanol–water partition coefficient (Wildman–Crippen LogP) is 3.20. The van der Waals surface area contributed by atoms with Crippen molar-refractivity contribution in [3.8, 4) is 11.5 Å². The van der Waals surface area contributed by atoms with Crippen LogP contribution in [-0.2, 0) is 6.61 Å². The molecule has 0 bridgehead atoms. The van der Waals surface area contributed by atoms with Crippen molar-refractivity contribution < 1.29 is 14.3 Å². The fraction of sp³-hybridized carbons (Fsp3) is 0.167. The summed E-state index contributed by atoms with van der Waals surface area (Å²) < 4.78 is 10.7. The molecule has 0 fully saturated rings. The third-order valence-corrected chi connectivity index (χ3v) is 3.10. The Labute approximate surface area is 113 Å². The monoisotopic (exact) mass is 283 g/mol. The molecule has 94 valence electrons. The Bertz CT molecular complexity index is 543. The van der Waals surface area contributed by atoms with E-state index in [1.807, 2.05) is 5.38 Å². The van der Waals surface area contributed by atoms with E-state index in [-0.39, 0.29) is 6.61 Å². The molecule has 0 atom stereocenters. The Kier molecular flexibility index (Phi) is 4.17. The predicted molar refractivity (Wildman–Crippen MR) is 69.8 cm³/mol. The molecule has 0 saturated heterocycles. The van der Waals surface area contributed by atoms with Crippen LogP contribution in [0.1, 0.15) is 16.1 Å². The molecule has 0 aliphatic heterocycles. The smallest absolute Gasteiger partial charge is 0.172 e. The summed E-state index contributed by atoms with van der Waals surface area (Å²) in [6, 6.07) is 3.14. The largest absolute Gasteiger partial charge is 0.493 e. The van der Waals surface area contributed by atoms with Crippen LogP contribution in [0.5, 0.6) is 11.5 Å². The molecule has 6 heteroatoms. The van der Waals surface area contributed by atoms with Gasteiger partial charge in [-0.2, -0.15) is 0 Å².